The fraction of sp³-hybridized carbons (Fsp3) is 0.278. The Kier molecular flexibility index (Phi) is 4.69. The van der Waals surface area contributed by atoms with E-state index in [0.29, 0.717) is 0 Å². The highest BCUT2D eigenvalue weighted by Gasteiger charge is 2.26. The molecule has 2 heterocycles. The minimum absolute atomic E-state index is 0.113. The third-order valence-electron chi connectivity index (χ3n) is 4.22. The van der Waals surface area contributed by atoms with Crippen molar-refractivity contribution in [3.8, 4) is 10.6 Å². The van der Waals surface area contributed by atoms with Gasteiger partial charge in [0.15, 0.2) is 0 Å². The summed E-state index contributed by atoms with van der Waals surface area (Å²) in [7, 11) is 0. The maximum atomic E-state index is 13.1. The van der Waals surface area contributed by atoms with Crippen molar-refractivity contribution in [3.05, 3.63) is 52.4 Å². The molecule has 1 atom stereocenters. The van der Waals surface area contributed by atoms with Crippen LogP contribution in [0, 0.1) is 12.7 Å². The molecule has 8 heteroatoms. The first-order valence-corrected chi connectivity index (χ1v) is 9.94. The SMILES string of the molecule is Cc1cc(NC(=O)NC2CCCc3sc(-c4ccc(F)cc4)nc32)sn1. The Bertz CT molecular complexity index is 935. The molecule has 2 N–H and O–H groups in total. The Labute approximate surface area is 158 Å². The van der Waals surface area contributed by atoms with Gasteiger partial charge in [0.05, 0.1) is 17.4 Å². The number of hydrogen-bond acceptors (Lipinski definition) is 5. The largest absolute Gasteiger partial charge is 0.329 e. The van der Waals surface area contributed by atoms with Gasteiger partial charge in [-0.1, -0.05) is 0 Å². The van der Waals surface area contributed by atoms with Crippen molar-refractivity contribution >= 4 is 33.9 Å². The molecule has 0 radical (unpaired) electrons. The molecule has 1 aromatic carbocycles. The highest BCUT2D eigenvalue weighted by atomic mass is 32.1. The van der Waals surface area contributed by atoms with Gasteiger partial charge < -0.3 is 5.32 Å². The number of fused-ring (bicyclic) bond motifs is 1. The second-order valence-electron chi connectivity index (χ2n) is 6.21. The summed E-state index contributed by atoms with van der Waals surface area (Å²) in [5.74, 6) is -0.260. The van der Waals surface area contributed by atoms with Crippen molar-refractivity contribution in [1.82, 2.24) is 14.7 Å². The van der Waals surface area contributed by atoms with Gasteiger partial charge in [0.25, 0.3) is 0 Å². The minimum atomic E-state index is -0.260. The lowest BCUT2D eigenvalue weighted by atomic mass is 9.98. The lowest BCUT2D eigenvalue weighted by Crippen LogP contribution is -2.34. The van der Waals surface area contributed by atoms with Gasteiger partial charge >= 0.3 is 6.03 Å². The van der Waals surface area contributed by atoms with E-state index in [1.54, 1.807) is 23.5 Å². The summed E-state index contributed by atoms with van der Waals surface area (Å²) in [5, 5.41) is 7.43. The molecule has 0 bridgehead atoms. The van der Waals surface area contributed by atoms with E-state index in [9.17, 15) is 9.18 Å². The molecule has 1 aliphatic rings. The van der Waals surface area contributed by atoms with Gasteiger partial charge in [-0.05, 0) is 68.1 Å². The van der Waals surface area contributed by atoms with Crippen LogP contribution in [0.5, 0.6) is 0 Å². The molecule has 26 heavy (non-hydrogen) atoms. The van der Waals surface area contributed by atoms with E-state index in [0.717, 1.165) is 46.2 Å². The molecule has 0 spiro atoms. The normalized spacial score (nSPS) is 16.2. The number of halogens is 1. The van der Waals surface area contributed by atoms with Gasteiger partial charge in [-0.25, -0.2) is 14.2 Å². The number of anilines is 1. The first-order chi connectivity index (χ1) is 12.6. The fourth-order valence-corrected chi connectivity index (χ4v) is 4.83. The van der Waals surface area contributed by atoms with E-state index >= 15 is 0 Å². The lowest BCUT2D eigenvalue weighted by Gasteiger charge is -2.22. The Hall–Kier alpha value is -2.32. The minimum Gasteiger partial charge on any atom is -0.329 e. The Morgan fingerprint density at radius 3 is 2.85 bits per heavy atom. The van der Waals surface area contributed by atoms with Gasteiger partial charge in [-0.15, -0.1) is 11.3 Å². The first kappa shape index (κ1) is 17.1. The molecule has 3 aromatic rings. The van der Waals surface area contributed by atoms with Crippen molar-refractivity contribution in [1.29, 1.82) is 0 Å². The average molecular weight is 388 g/mol. The van der Waals surface area contributed by atoms with Gasteiger partial charge in [-0.2, -0.15) is 4.37 Å². The predicted octanol–water partition coefficient (Wildman–Crippen LogP) is 4.91. The van der Waals surface area contributed by atoms with Crippen LogP contribution in [0.3, 0.4) is 0 Å². The number of nitrogens with zero attached hydrogens (tertiary/aromatic N) is 2. The summed E-state index contributed by atoms with van der Waals surface area (Å²) in [5.41, 5.74) is 2.71. The third kappa shape index (κ3) is 3.61. The van der Waals surface area contributed by atoms with Crippen LogP contribution < -0.4 is 10.6 Å². The van der Waals surface area contributed by atoms with Crippen molar-refractivity contribution in [2.45, 2.75) is 32.2 Å². The van der Waals surface area contributed by atoms with E-state index in [1.165, 1.54) is 28.5 Å². The van der Waals surface area contributed by atoms with Crippen molar-refractivity contribution in [2.24, 2.45) is 0 Å². The molecule has 0 aliphatic heterocycles. The van der Waals surface area contributed by atoms with Crippen LogP contribution >= 0.6 is 22.9 Å². The zero-order valence-electron chi connectivity index (χ0n) is 14.1. The molecule has 1 unspecified atom stereocenters. The molecule has 2 amide bonds. The van der Waals surface area contributed by atoms with Gasteiger partial charge in [0, 0.05) is 10.4 Å². The van der Waals surface area contributed by atoms with Gasteiger partial charge in [-0.3, -0.25) is 5.32 Å². The summed E-state index contributed by atoms with van der Waals surface area (Å²) < 4.78 is 17.3. The molecule has 5 nitrogen and oxygen atoms in total. The zero-order valence-corrected chi connectivity index (χ0v) is 15.7. The number of benzene rings is 1. The molecule has 134 valence electrons. The quantitative estimate of drug-likeness (QED) is 0.670. The molecule has 0 saturated heterocycles. The number of urea groups is 1. The van der Waals surface area contributed by atoms with E-state index in [2.05, 4.69) is 15.0 Å². The topological polar surface area (TPSA) is 66.9 Å². The summed E-state index contributed by atoms with van der Waals surface area (Å²) in [6.07, 6.45) is 2.82. The van der Waals surface area contributed by atoms with Gasteiger partial charge in [0.2, 0.25) is 0 Å². The van der Waals surface area contributed by atoms with Crippen LogP contribution in [0.15, 0.2) is 30.3 Å². The molecular weight excluding hydrogens is 371 g/mol. The monoisotopic (exact) mass is 388 g/mol. The second kappa shape index (κ2) is 7.13. The number of amides is 2. The summed E-state index contributed by atoms with van der Waals surface area (Å²) in [4.78, 5) is 18.2. The number of thiazole rings is 1. The van der Waals surface area contributed by atoms with Crippen LogP contribution in [-0.4, -0.2) is 15.4 Å². The number of nitrogens with one attached hydrogen (secondary N) is 2. The summed E-state index contributed by atoms with van der Waals surface area (Å²) in [6.45, 7) is 1.89. The number of aryl methyl sites for hydroxylation is 2. The van der Waals surface area contributed by atoms with Crippen molar-refractivity contribution in [3.63, 3.8) is 0 Å². The highest BCUT2D eigenvalue weighted by molar-refractivity contribution is 7.15. The van der Waals surface area contributed by atoms with Crippen LogP contribution in [0.2, 0.25) is 0 Å². The Morgan fingerprint density at radius 2 is 2.12 bits per heavy atom. The Balaban J connectivity index is 1.51. The lowest BCUT2D eigenvalue weighted by molar-refractivity contribution is 0.247. The molecule has 0 fully saturated rings. The number of hydrogen-bond donors (Lipinski definition) is 2. The predicted molar refractivity (Wildman–Crippen MR) is 102 cm³/mol. The number of carbonyl (C=O) groups excluding carboxylic acids is 1. The maximum Gasteiger partial charge on any atom is 0.320 e. The van der Waals surface area contributed by atoms with Crippen LogP contribution in [-0.2, 0) is 6.42 Å². The van der Waals surface area contributed by atoms with Crippen molar-refractivity contribution in [2.75, 3.05) is 5.32 Å². The van der Waals surface area contributed by atoms with Crippen LogP contribution in [0.4, 0.5) is 14.2 Å². The molecule has 4 rings (SSSR count). The number of rotatable bonds is 3. The first-order valence-electron chi connectivity index (χ1n) is 8.35. The Morgan fingerprint density at radius 1 is 1.31 bits per heavy atom. The summed E-state index contributed by atoms with van der Waals surface area (Å²) in [6, 6.07) is 7.83. The molecule has 2 aromatic heterocycles. The number of carbonyl (C=O) groups is 1. The van der Waals surface area contributed by atoms with Crippen LogP contribution in [0.25, 0.3) is 10.6 Å². The van der Waals surface area contributed by atoms with Crippen LogP contribution in [0.1, 0.15) is 35.1 Å². The molecule has 1 aliphatic carbocycles. The van der Waals surface area contributed by atoms with E-state index < -0.39 is 0 Å². The fourth-order valence-electron chi connectivity index (χ4n) is 3.00. The average Bonchev–Trinajstić information content (AvgIpc) is 3.22. The number of aromatic nitrogens is 2. The summed E-state index contributed by atoms with van der Waals surface area (Å²) >= 11 is 2.88. The van der Waals surface area contributed by atoms with Gasteiger partial charge in [0.1, 0.15) is 15.8 Å². The van der Waals surface area contributed by atoms with E-state index in [4.69, 9.17) is 4.98 Å². The zero-order chi connectivity index (χ0) is 18.1. The molecule has 0 saturated carbocycles. The maximum absolute atomic E-state index is 13.1. The van der Waals surface area contributed by atoms with E-state index in [1.807, 2.05) is 13.0 Å². The van der Waals surface area contributed by atoms with E-state index in [-0.39, 0.29) is 17.9 Å². The third-order valence-corrected chi connectivity index (χ3v) is 6.19. The standard InChI is InChI=1S/C18H17FN4OS2/c1-10-9-15(26-23-10)21-18(24)20-13-3-2-4-14-16(13)22-17(25-14)11-5-7-12(19)8-6-11/h5-9,13H,2-4H2,1H3,(H2,20,21,24). The molecular formula is C18H17FN4OS2. The smallest absolute Gasteiger partial charge is 0.320 e. The van der Waals surface area contributed by atoms with Crippen molar-refractivity contribution < 1.29 is 9.18 Å². The highest BCUT2D eigenvalue weighted by Crippen LogP contribution is 2.37. The second-order valence-corrected chi connectivity index (χ2v) is 8.10.